The number of benzene rings is 1. The highest BCUT2D eigenvalue weighted by molar-refractivity contribution is 6.42. The molecular formula is C17H26Cl2N2O2. The highest BCUT2D eigenvalue weighted by Gasteiger charge is 2.21. The van der Waals surface area contributed by atoms with E-state index in [1.807, 2.05) is 39.8 Å². The van der Waals surface area contributed by atoms with Gasteiger partial charge in [-0.1, -0.05) is 29.3 Å². The Bertz CT molecular complexity index is 519. The lowest BCUT2D eigenvalue weighted by atomic mass is 9.94. The summed E-state index contributed by atoms with van der Waals surface area (Å²) in [6.07, 6.45) is 1.03. The van der Waals surface area contributed by atoms with E-state index in [0.717, 1.165) is 12.0 Å². The van der Waals surface area contributed by atoms with Gasteiger partial charge in [0.25, 0.3) is 0 Å². The second-order valence-corrected chi connectivity index (χ2v) is 7.04. The second-order valence-electron chi connectivity index (χ2n) is 6.23. The molecule has 0 aliphatic carbocycles. The van der Waals surface area contributed by atoms with Crippen LogP contribution in [0.2, 0.25) is 10.0 Å². The van der Waals surface area contributed by atoms with Crippen molar-refractivity contribution in [3.8, 4) is 0 Å². The molecule has 1 aromatic rings. The fraction of sp³-hybridized carbons (Fsp3) is 0.588. The maximum absolute atomic E-state index is 11.9. The fourth-order valence-electron chi connectivity index (χ4n) is 1.97. The van der Waals surface area contributed by atoms with Crippen LogP contribution in [0.25, 0.3) is 0 Å². The summed E-state index contributed by atoms with van der Waals surface area (Å²) < 4.78 is 5.43. The van der Waals surface area contributed by atoms with E-state index in [-0.39, 0.29) is 24.1 Å². The van der Waals surface area contributed by atoms with Crippen LogP contribution in [0.1, 0.15) is 39.7 Å². The first kappa shape index (κ1) is 20.2. The van der Waals surface area contributed by atoms with Gasteiger partial charge in [0.05, 0.1) is 22.7 Å². The van der Waals surface area contributed by atoms with Gasteiger partial charge in [0, 0.05) is 18.7 Å². The third kappa shape index (κ3) is 7.53. The number of hydrogen-bond acceptors (Lipinski definition) is 3. The summed E-state index contributed by atoms with van der Waals surface area (Å²) in [4.78, 5) is 11.9. The molecule has 0 aromatic heterocycles. The van der Waals surface area contributed by atoms with Gasteiger partial charge in [0.1, 0.15) is 0 Å². The molecule has 2 N–H and O–H groups in total. The van der Waals surface area contributed by atoms with E-state index < -0.39 is 0 Å². The lowest BCUT2D eigenvalue weighted by Gasteiger charge is -2.27. The van der Waals surface area contributed by atoms with Crippen LogP contribution in [0.5, 0.6) is 0 Å². The summed E-state index contributed by atoms with van der Waals surface area (Å²) in [7, 11) is 0. The molecule has 0 unspecified atom stereocenters. The average Bonchev–Trinajstić information content (AvgIpc) is 2.47. The Morgan fingerprint density at radius 3 is 2.57 bits per heavy atom. The van der Waals surface area contributed by atoms with Gasteiger partial charge in [-0.05, 0) is 51.8 Å². The number of hydrogen-bond donors (Lipinski definition) is 2. The van der Waals surface area contributed by atoms with E-state index in [1.54, 1.807) is 6.07 Å². The van der Waals surface area contributed by atoms with Crippen LogP contribution >= 0.6 is 23.2 Å². The van der Waals surface area contributed by atoms with Crippen molar-refractivity contribution in [3.63, 3.8) is 0 Å². The standard InChI is InChI=1S/C17H26Cl2N2O2/c1-12(2)23-9-5-8-20-16(22)11-21-17(3,4)13-6-7-14(18)15(19)10-13/h6-7,10,12,21H,5,8-9,11H2,1-4H3,(H,20,22). The predicted molar refractivity (Wildman–Crippen MR) is 96.2 cm³/mol. The molecule has 0 aliphatic heterocycles. The summed E-state index contributed by atoms with van der Waals surface area (Å²) in [5.74, 6) is -0.0392. The predicted octanol–water partition coefficient (Wildman–Crippen LogP) is 3.75. The molecule has 0 saturated heterocycles. The Balaban J connectivity index is 2.37. The van der Waals surface area contributed by atoms with E-state index in [1.165, 1.54) is 0 Å². The van der Waals surface area contributed by atoms with Crippen molar-refractivity contribution in [1.82, 2.24) is 10.6 Å². The molecule has 0 bridgehead atoms. The first-order valence-electron chi connectivity index (χ1n) is 7.81. The van der Waals surface area contributed by atoms with Crippen LogP contribution in [-0.2, 0) is 15.1 Å². The van der Waals surface area contributed by atoms with E-state index >= 15 is 0 Å². The van der Waals surface area contributed by atoms with E-state index in [2.05, 4.69) is 10.6 Å². The largest absolute Gasteiger partial charge is 0.379 e. The van der Waals surface area contributed by atoms with Crippen molar-refractivity contribution < 1.29 is 9.53 Å². The zero-order valence-corrected chi connectivity index (χ0v) is 15.7. The van der Waals surface area contributed by atoms with Gasteiger partial charge in [-0.15, -0.1) is 0 Å². The molecular weight excluding hydrogens is 335 g/mol. The van der Waals surface area contributed by atoms with Crippen molar-refractivity contribution in [2.24, 2.45) is 0 Å². The number of carbonyl (C=O) groups is 1. The number of ether oxygens (including phenoxy) is 1. The lowest BCUT2D eigenvalue weighted by Crippen LogP contribution is -2.43. The number of amides is 1. The molecule has 4 nitrogen and oxygen atoms in total. The Kier molecular flexibility index (Phi) is 8.34. The molecule has 23 heavy (non-hydrogen) atoms. The molecule has 0 fully saturated rings. The minimum absolute atomic E-state index is 0.0392. The first-order chi connectivity index (χ1) is 10.7. The van der Waals surface area contributed by atoms with Crippen molar-refractivity contribution in [2.75, 3.05) is 19.7 Å². The molecule has 0 radical (unpaired) electrons. The van der Waals surface area contributed by atoms with Gasteiger partial charge in [0.15, 0.2) is 0 Å². The van der Waals surface area contributed by atoms with Crippen molar-refractivity contribution in [2.45, 2.75) is 45.8 Å². The van der Waals surface area contributed by atoms with Gasteiger partial charge < -0.3 is 10.1 Å². The maximum Gasteiger partial charge on any atom is 0.233 e. The van der Waals surface area contributed by atoms with Crippen molar-refractivity contribution >= 4 is 29.1 Å². The first-order valence-corrected chi connectivity index (χ1v) is 8.57. The van der Waals surface area contributed by atoms with Gasteiger partial charge in [0.2, 0.25) is 5.91 Å². The zero-order valence-electron chi connectivity index (χ0n) is 14.2. The van der Waals surface area contributed by atoms with Crippen LogP contribution in [0.4, 0.5) is 0 Å². The van der Waals surface area contributed by atoms with E-state index in [4.69, 9.17) is 27.9 Å². The molecule has 0 atom stereocenters. The molecule has 130 valence electrons. The highest BCUT2D eigenvalue weighted by atomic mass is 35.5. The maximum atomic E-state index is 11.9. The molecule has 1 aromatic carbocycles. The molecule has 0 saturated carbocycles. The van der Waals surface area contributed by atoms with Gasteiger partial charge >= 0.3 is 0 Å². The quantitative estimate of drug-likeness (QED) is 0.659. The van der Waals surface area contributed by atoms with Crippen LogP contribution < -0.4 is 10.6 Å². The Morgan fingerprint density at radius 1 is 1.26 bits per heavy atom. The number of nitrogens with one attached hydrogen (secondary N) is 2. The minimum Gasteiger partial charge on any atom is -0.379 e. The topological polar surface area (TPSA) is 50.4 Å². The normalized spacial score (nSPS) is 11.8. The smallest absolute Gasteiger partial charge is 0.233 e. The Labute approximate surface area is 148 Å². The van der Waals surface area contributed by atoms with E-state index in [0.29, 0.717) is 23.2 Å². The molecule has 0 spiro atoms. The third-order valence-electron chi connectivity index (χ3n) is 3.43. The van der Waals surface area contributed by atoms with E-state index in [9.17, 15) is 4.79 Å². The Hall–Kier alpha value is -0.810. The highest BCUT2D eigenvalue weighted by Crippen LogP contribution is 2.28. The summed E-state index contributed by atoms with van der Waals surface area (Å²) in [6, 6.07) is 5.48. The number of halogens is 2. The zero-order chi connectivity index (χ0) is 17.5. The number of carbonyl (C=O) groups excluding carboxylic acids is 1. The molecule has 0 heterocycles. The van der Waals surface area contributed by atoms with Crippen LogP contribution in [-0.4, -0.2) is 31.7 Å². The molecule has 1 amide bonds. The number of rotatable bonds is 9. The molecule has 6 heteroatoms. The monoisotopic (exact) mass is 360 g/mol. The average molecular weight is 361 g/mol. The third-order valence-corrected chi connectivity index (χ3v) is 4.17. The van der Waals surface area contributed by atoms with Gasteiger partial charge in [-0.3, -0.25) is 10.1 Å². The van der Waals surface area contributed by atoms with Crippen molar-refractivity contribution in [1.29, 1.82) is 0 Å². The van der Waals surface area contributed by atoms with Gasteiger partial charge in [-0.25, -0.2) is 0 Å². The summed E-state index contributed by atoms with van der Waals surface area (Å²) >= 11 is 12.0. The Morgan fingerprint density at radius 2 is 1.96 bits per heavy atom. The molecule has 0 aliphatic rings. The van der Waals surface area contributed by atoms with Crippen LogP contribution in [0.3, 0.4) is 0 Å². The second kappa shape index (κ2) is 9.48. The summed E-state index contributed by atoms with van der Waals surface area (Å²) in [5.41, 5.74) is 0.594. The SMILES string of the molecule is CC(C)OCCCNC(=O)CNC(C)(C)c1ccc(Cl)c(Cl)c1. The lowest BCUT2D eigenvalue weighted by molar-refractivity contribution is -0.120. The van der Waals surface area contributed by atoms with Crippen LogP contribution in [0, 0.1) is 0 Å². The van der Waals surface area contributed by atoms with Crippen molar-refractivity contribution in [3.05, 3.63) is 33.8 Å². The van der Waals surface area contributed by atoms with Gasteiger partial charge in [-0.2, -0.15) is 0 Å². The summed E-state index contributed by atoms with van der Waals surface area (Å²) in [6.45, 7) is 9.48. The molecule has 1 rings (SSSR count). The fourth-order valence-corrected chi connectivity index (χ4v) is 2.27. The summed E-state index contributed by atoms with van der Waals surface area (Å²) in [5, 5.41) is 7.14. The van der Waals surface area contributed by atoms with Crippen LogP contribution in [0.15, 0.2) is 18.2 Å². The minimum atomic E-state index is -0.383.